The predicted octanol–water partition coefficient (Wildman–Crippen LogP) is 2.76. The van der Waals surface area contributed by atoms with Crippen molar-refractivity contribution >= 4 is 37.7 Å². The third-order valence-corrected chi connectivity index (χ3v) is 6.76. The molecule has 8 heteroatoms. The van der Waals surface area contributed by atoms with Crippen LogP contribution in [0.1, 0.15) is 11.1 Å². The van der Waals surface area contributed by atoms with E-state index in [9.17, 15) is 13.2 Å². The number of rotatable bonds is 5. The quantitative estimate of drug-likeness (QED) is 0.781. The maximum Gasteiger partial charge on any atom is 0.282 e. The number of benzene rings is 2. The first-order valence-corrected chi connectivity index (χ1v) is 10.4. The molecule has 1 heterocycles. The molecule has 0 saturated carbocycles. The van der Waals surface area contributed by atoms with Crippen LogP contribution in [-0.4, -0.2) is 42.6 Å². The van der Waals surface area contributed by atoms with Crippen molar-refractivity contribution in [3.8, 4) is 0 Å². The normalized spacial score (nSPS) is 17.3. The molecule has 1 N–H and O–H groups in total. The Morgan fingerprint density at radius 1 is 1.08 bits per heavy atom. The lowest BCUT2D eigenvalue weighted by atomic mass is 10.1. The highest BCUT2D eigenvalue weighted by Gasteiger charge is 2.37. The molecule has 0 bridgehead atoms. The van der Waals surface area contributed by atoms with E-state index in [0.717, 1.165) is 15.6 Å². The molecule has 1 aliphatic heterocycles. The van der Waals surface area contributed by atoms with Gasteiger partial charge in [0.2, 0.25) is 5.91 Å². The molecule has 0 radical (unpaired) electrons. The molecular formula is C18H20BrN3O3S. The lowest BCUT2D eigenvalue weighted by Crippen LogP contribution is -2.37. The monoisotopic (exact) mass is 437 g/mol. The summed E-state index contributed by atoms with van der Waals surface area (Å²) < 4.78 is 29.0. The number of nitrogens with one attached hydrogen (secondary N) is 1. The number of carbonyl (C=O) groups is 1. The van der Waals surface area contributed by atoms with Gasteiger partial charge in [0.05, 0.1) is 6.54 Å². The number of hydrogen-bond donors (Lipinski definition) is 1. The summed E-state index contributed by atoms with van der Waals surface area (Å²) in [7, 11) is -3.64. The van der Waals surface area contributed by atoms with Crippen molar-refractivity contribution in [2.24, 2.45) is 0 Å². The zero-order chi connectivity index (χ0) is 18.7. The molecular weight excluding hydrogens is 418 g/mol. The molecule has 26 heavy (non-hydrogen) atoms. The van der Waals surface area contributed by atoms with E-state index in [1.165, 1.54) is 8.61 Å². The molecule has 1 aliphatic rings. The number of halogens is 1. The Hall–Kier alpha value is -1.74. The van der Waals surface area contributed by atoms with Gasteiger partial charge in [0.25, 0.3) is 10.2 Å². The molecule has 2 aromatic carbocycles. The first-order chi connectivity index (χ1) is 12.4. The Kier molecular flexibility index (Phi) is 5.76. The van der Waals surface area contributed by atoms with E-state index in [1.54, 1.807) is 12.1 Å². The van der Waals surface area contributed by atoms with Gasteiger partial charge in [0.1, 0.15) is 0 Å². The number of carbonyl (C=O) groups excluding carboxylic acids is 1. The molecule has 1 amide bonds. The smallest absolute Gasteiger partial charge is 0.282 e. The predicted molar refractivity (Wildman–Crippen MR) is 105 cm³/mol. The van der Waals surface area contributed by atoms with Crippen LogP contribution >= 0.6 is 15.9 Å². The van der Waals surface area contributed by atoms with Gasteiger partial charge in [0, 0.05) is 29.8 Å². The lowest BCUT2D eigenvalue weighted by molar-refractivity contribution is -0.116. The third kappa shape index (κ3) is 4.32. The highest BCUT2D eigenvalue weighted by Crippen LogP contribution is 2.21. The van der Waals surface area contributed by atoms with Gasteiger partial charge in [-0.1, -0.05) is 40.2 Å². The van der Waals surface area contributed by atoms with Crippen molar-refractivity contribution in [2.45, 2.75) is 13.5 Å². The van der Waals surface area contributed by atoms with Crippen LogP contribution in [0.3, 0.4) is 0 Å². The van der Waals surface area contributed by atoms with Crippen LogP contribution in [-0.2, 0) is 21.5 Å². The summed E-state index contributed by atoms with van der Waals surface area (Å²) in [5.41, 5.74) is 2.65. The second kappa shape index (κ2) is 7.87. The van der Waals surface area contributed by atoms with Crippen molar-refractivity contribution in [1.82, 2.24) is 8.61 Å². The van der Waals surface area contributed by atoms with Gasteiger partial charge in [-0.2, -0.15) is 17.0 Å². The van der Waals surface area contributed by atoms with E-state index in [2.05, 4.69) is 21.2 Å². The SMILES string of the molecule is Cc1ccccc1CN1CCN(CC(=O)Nc2ccc(Br)cc2)S1(=O)=O. The number of amides is 1. The van der Waals surface area contributed by atoms with E-state index >= 15 is 0 Å². The van der Waals surface area contributed by atoms with E-state index in [1.807, 2.05) is 43.3 Å². The second-order valence-corrected chi connectivity index (χ2v) is 9.00. The highest BCUT2D eigenvalue weighted by molar-refractivity contribution is 9.10. The Morgan fingerprint density at radius 3 is 2.42 bits per heavy atom. The largest absolute Gasteiger partial charge is 0.325 e. The van der Waals surface area contributed by atoms with Crippen molar-refractivity contribution < 1.29 is 13.2 Å². The van der Waals surface area contributed by atoms with E-state index in [-0.39, 0.29) is 12.5 Å². The summed E-state index contributed by atoms with van der Waals surface area (Å²) in [5.74, 6) is -0.353. The summed E-state index contributed by atoms with van der Waals surface area (Å²) >= 11 is 3.33. The molecule has 0 spiro atoms. The molecule has 1 fully saturated rings. The average Bonchev–Trinajstić information content (AvgIpc) is 2.86. The first kappa shape index (κ1) is 19.0. The molecule has 6 nitrogen and oxygen atoms in total. The first-order valence-electron chi connectivity index (χ1n) is 8.21. The van der Waals surface area contributed by atoms with E-state index in [0.29, 0.717) is 25.3 Å². The maximum absolute atomic E-state index is 12.7. The molecule has 138 valence electrons. The molecule has 0 aromatic heterocycles. The summed E-state index contributed by atoms with van der Waals surface area (Å²) in [6.45, 7) is 2.77. The number of anilines is 1. The minimum atomic E-state index is -3.64. The highest BCUT2D eigenvalue weighted by atomic mass is 79.9. The van der Waals surface area contributed by atoms with Crippen molar-refractivity contribution in [3.05, 3.63) is 64.1 Å². The van der Waals surface area contributed by atoms with Gasteiger partial charge in [-0.3, -0.25) is 4.79 Å². The number of nitrogens with zero attached hydrogens (tertiary/aromatic N) is 2. The fourth-order valence-corrected chi connectivity index (χ4v) is 4.61. The third-order valence-electron chi connectivity index (χ3n) is 4.31. The maximum atomic E-state index is 12.7. The molecule has 0 aliphatic carbocycles. The van der Waals surface area contributed by atoms with Crippen LogP contribution in [0.4, 0.5) is 5.69 Å². The Balaban J connectivity index is 1.63. The zero-order valence-electron chi connectivity index (χ0n) is 14.4. The number of hydrogen-bond acceptors (Lipinski definition) is 3. The molecule has 0 unspecified atom stereocenters. The van der Waals surface area contributed by atoms with Crippen LogP contribution in [0, 0.1) is 6.92 Å². The summed E-state index contributed by atoms with van der Waals surface area (Å²) in [6, 6.07) is 14.8. The Bertz CT molecular complexity index is 900. The minimum absolute atomic E-state index is 0.192. The average molecular weight is 438 g/mol. The minimum Gasteiger partial charge on any atom is -0.325 e. The fraction of sp³-hybridized carbons (Fsp3) is 0.278. The molecule has 3 rings (SSSR count). The van der Waals surface area contributed by atoms with Gasteiger partial charge in [-0.25, -0.2) is 0 Å². The van der Waals surface area contributed by atoms with Crippen LogP contribution in [0.25, 0.3) is 0 Å². The fourth-order valence-electron chi connectivity index (χ4n) is 2.81. The molecule has 1 saturated heterocycles. The van der Waals surface area contributed by atoms with Crippen molar-refractivity contribution in [1.29, 1.82) is 0 Å². The number of aryl methyl sites for hydroxylation is 1. The summed E-state index contributed by atoms with van der Waals surface area (Å²) in [4.78, 5) is 12.2. The van der Waals surface area contributed by atoms with Crippen LogP contribution in [0.5, 0.6) is 0 Å². The lowest BCUT2D eigenvalue weighted by Gasteiger charge is -2.19. The standard InChI is InChI=1S/C18H20BrN3O3S/c1-14-4-2-3-5-15(14)12-21-10-11-22(26(21,24)25)13-18(23)20-17-8-6-16(19)7-9-17/h2-9H,10-13H2,1H3,(H,20,23). The molecule has 0 atom stereocenters. The van der Waals surface area contributed by atoms with E-state index in [4.69, 9.17) is 0 Å². The van der Waals surface area contributed by atoms with Crippen molar-refractivity contribution in [3.63, 3.8) is 0 Å². The molecule has 2 aromatic rings. The Morgan fingerprint density at radius 2 is 1.73 bits per heavy atom. The van der Waals surface area contributed by atoms with Gasteiger partial charge in [0.15, 0.2) is 0 Å². The van der Waals surface area contributed by atoms with E-state index < -0.39 is 10.2 Å². The topological polar surface area (TPSA) is 69.7 Å². The van der Waals surface area contributed by atoms with Crippen LogP contribution in [0.2, 0.25) is 0 Å². The van der Waals surface area contributed by atoms with Crippen molar-refractivity contribution in [2.75, 3.05) is 25.0 Å². The summed E-state index contributed by atoms with van der Waals surface area (Å²) in [5, 5.41) is 2.72. The summed E-state index contributed by atoms with van der Waals surface area (Å²) in [6.07, 6.45) is 0. The zero-order valence-corrected chi connectivity index (χ0v) is 16.8. The van der Waals surface area contributed by atoms with Gasteiger partial charge < -0.3 is 5.32 Å². The second-order valence-electron chi connectivity index (χ2n) is 6.16. The van der Waals surface area contributed by atoms with Crippen LogP contribution in [0.15, 0.2) is 53.0 Å². The van der Waals surface area contributed by atoms with Gasteiger partial charge in [-0.05, 0) is 42.3 Å². The Labute approximate surface area is 162 Å². The van der Waals surface area contributed by atoms with Gasteiger partial charge >= 0.3 is 0 Å². The van der Waals surface area contributed by atoms with Crippen LogP contribution < -0.4 is 5.32 Å². The van der Waals surface area contributed by atoms with Gasteiger partial charge in [-0.15, -0.1) is 0 Å².